The summed E-state index contributed by atoms with van der Waals surface area (Å²) in [4.78, 5) is 20.5. The Kier molecular flexibility index (Phi) is 6.64. The molecule has 1 fully saturated rings. The first-order valence-electron chi connectivity index (χ1n) is 9.07. The Hall–Kier alpha value is -3.16. The van der Waals surface area contributed by atoms with Crippen molar-refractivity contribution >= 4 is 18.3 Å². The highest BCUT2D eigenvalue weighted by atomic mass is 35.5. The third kappa shape index (κ3) is 5.01. The Labute approximate surface area is 174 Å². The molecular formula is C21H21ClN4O3. The van der Waals surface area contributed by atoms with Gasteiger partial charge in [0.1, 0.15) is 28.6 Å². The zero-order chi connectivity index (χ0) is 19.3. The molecule has 2 aromatic carbocycles. The number of hydrogen-bond acceptors (Lipinski definition) is 6. The first-order valence-corrected chi connectivity index (χ1v) is 9.07. The fraction of sp³-hybridized carbons (Fsp3) is 0.190. The van der Waals surface area contributed by atoms with Crippen LogP contribution in [0.15, 0.2) is 60.8 Å². The minimum Gasteiger partial charge on any atom is -0.457 e. The summed E-state index contributed by atoms with van der Waals surface area (Å²) >= 11 is 0. The van der Waals surface area contributed by atoms with E-state index in [4.69, 9.17) is 15.2 Å². The van der Waals surface area contributed by atoms with Crippen molar-refractivity contribution in [3.05, 3.63) is 72.2 Å². The summed E-state index contributed by atoms with van der Waals surface area (Å²) in [6.45, 7) is 1.73. The smallest absolute Gasteiger partial charge is 0.255 e. The monoisotopic (exact) mass is 412 g/mol. The number of para-hydroxylation sites is 1. The molecule has 8 heteroatoms. The van der Waals surface area contributed by atoms with Crippen LogP contribution in [0.5, 0.6) is 23.1 Å². The number of ether oxygens (including phenoxy) is 2. The summed E-state index contributed by atoms with van der Waals surface area (Å²) < 4.78 is 11.6. The highest BCUT2D eigenvalue weighted by Gasteiger charge is 2.22. The number of hydrogen-bond donors (Lipinski definition) is 2. The second-order valence-electron chi connectivity index (χ2n) is 6.49. The second kappa shape index (κ2) is 9.36. The van der Waals surface area contributed by atoms with E-state index in [0.717, 1.165) is 25.3 Å². The van der Waals surface area contributed by atoms with Crippen molar-refractivity contribution in [2.24, 2.45) is 5.73 Å². The van der Waals surface area contributed by atoms with Gasteiger partial charge in [-0.1, -0.05) is 18.2 Å². The lowest BCUT2D eigenvalue weighted by atomic mass is 10.1. The van der Waals surface area contributed by atoms with Crippen LogP contribution in [-0.4, -0.2) is 29.0 Å². The molecule has 150 valence electrons. The number of nitrogens with zero attached hydrogens (tertiary/aromatic N) is 2. The van der Waals surface area contributed by atoms with Gasteiger partial charge in [0.15, 0.2) is 0 Å². The van der Waals surface area contributed by atoms with E-state index in [1.807, 2.05) is 30.3 Å². The van der Waals surface area contributed by atoms with Crippen molar-refractivity contribution in [1.82, 2.24) is 15.3 Å². The van der Waals surface area contributed by atoms with Crippen LogP contribution in [0.3, 0.4) is 0 Å². The molecule has 1 saturated heterocycles. The van der Waals surface area contributed by atoms with E-state index < -0.39 is 5.91 Å². The van der Waals surface area contributed by atoms with Crippen molar-refractivity contribution in [2.45, 2.75) is 12.3 Å². The molecule has 29 heavy (non-hydrogen) atoms. The first-order chi connectivity index (χ1) is 13.7. The number of carbonyl (C=O) groups excluding carboxylic acids is 1. The number of rotatable bonds is 6. The first kappa shape index (κ1) is 20.6. The van der Waals surface area contributed by atoms with Gasteiger partial charge >= 0.3 is 0 Å². The summed E-state index contributed by atoms with van der Waals surface area (Å²) in [6.07, 6.45) is 2.38. The van der Waals surface area contributed by atoms with Crippen LogP contribution in [-0.2, 0) is 0 Å². The van der Waals surface area contributed by atoms with E-state index >= 15 is 0 Å². The standard InChI is InChI=1S/C21H20N4O3.ClH/c22-19(26)18-13-24-20(14-10-11-23-12-14)25-21(18)28-17-8-6-16(7-9-17)27-15-4-2-1-3-5-15;/h1-9,13-14,23H,10-12H2,(H2,22,26);1H. The van der Waals surface area contributed by atoms with E-state index in [0.29, 0.717) is 17.3 Å². The molecule has 7 nitrogen and oxygen atoms in total. The van der Waals surface area contributed by atoms with Crippen LogP contribution in [0, 0.1) is 0 Å². The Balaban J connectivity index is 0.00000240. The van der Waals surface area contributed by atoms with Gasteiger partial charge < -0.3 is 20.5 Å². The normalized spacial score (nSPS) is 15.4. The van der Waals surface area contributed by atoms with Crippen LogP contribution in [0.4, 0.5) is 0 Å². The van der Waals surface area contributed by atoms with E-state index in [1.54, 1.807) is 24.3 Å². The number of aromatic nitrogens is 2. The van der Waals surface area contributed by atoms with Gasteiger partial charge in [0.2, 0.25) is 5.88 Å². The molecule has 0 spiro atoms. The maximum absolute atomic E-state index is 11.7. The number of halogens is 1. The quantitative estimate of drug-likeness (QED) is 0.641. The van der Waals surface area contributed by atoms with Gasteiger partial charge in [-0.2, -0.15) is 4.98 Å². The molecule has 1 unspecified atom stereocenters. The molecule has 3 aromatic rings. The van der Waals surface area contributed by atoms with Crippen LogP contribution in [0.25, 0.3) is 0 Å². The molecule has 4 rings (SSSR count). The molecule has 3 N–H and O–H groups in total. The fourth-order valence-corrected chi connectivity index (χ4v) is 3.01. The van der Waals surface area contributed by atoms with E-state index in [1.165, 1.54) is 6.20 Å². The predicted octanol–water partition coefficient (Wildman–Crippen LogP) is 3.66. The molecule has 0 aliphatic carbocycles. The SMILES string of the molecule is Cl.NC(=O)c1cnc(C2CCNC2)nc1Oc1ccc(Oc2ccccc2)cc1. The Morgan fingerprint density at radius 2 is 1.66 bits per heavy atom. The summed E-state index contributed by atoms with van der Waals surface area (Å²) in [5.41, 5.74) is 5.60. The molecule has 1 amide bonds. The zero-order valence-electron chi connectivity index (χ0n) is 15.6. The van der Waals surface area contributed by atoms with Gasteiger partial charge in [0.05, 0.1) is 0 Å². The minimum absolute atomic E-state index is 0. The number of benzene rings is 2. The number of amides is 1. The molecule has 0 radical (unpaired) electrons. The van der Waals surface area contributed by atoms with Gasteiger partial charge in [0.25, 0.3) is 5.91 Å². The molecule has 2 heterocycles. The van der Waals surface area contributed by atoms with Gasteiger partial charge in [-0.3, -0.25) is 4.79 Å². The zero-order valence-corrected chi connectivity index (χ0v) is 16.4. The largest absolute Gasteiger partial charge is 0.457 e. The highest BCUT2D eigenvalue weighted by molar-refractivity contribution is 5.94. The van der Waals surface area contributed by atoms with Crippen molar-refractivity contribution in [1.29, 1.82) is 0 Å². The molecule has 1 aliphatic heterocycles. The maximum atomic E-state index is 11.7. The summed E-state index contributed by atoms with van der Waals surface area (Å²) in [7, 11) is 0. The molecule has 0 bridgehead atoms. The lowest BCUT2D eigenvalue weighted by Crippen LogP contribution is -2.16. The molecular weight excluding hydrogens is 392 g/mol. The molecule has 1 atom stereocenters. The van der Waals surface area contributed by atoms with Crippen molar-refractivity contribution in [3.8, 4) is 23.1 Å². The minimum atomic E-state index is -0.630. The Morgan fingerprint density at radius 1 is 1.00 bits per heavy atom. The maximum Gasteiger partial charge on any atom is 0.255 e. The third-order valence-corrected chi connectivity index (χ3v) is 4.48. The van der Waals surface area contributed by atoms with E-state index in [9.17, 15) is 4.79 Å². The Morgan fingerprint density at radius 3 is 2.28 bits per heavy atom. The number of nitrogens with two attached hydrogens (primary N) is 1. The number of primary amides is 1. The highest BCUT2D eigenvalue weighted by Crippen LogP contribution is 2.29. The van der Waals surface area contributed by atoms with Crippen molar-refractivity contribution in [2.75, 3.05) is 13.1 Å². The third-order valence-electron chi connectivity index (χ3n) is 4.48. The van der Waals surface area contributed by atoms with Crippen LogP contribution < -0.4 is 20.5 Å². The lowest BCUT2D eigenvalue weighted by Gasteiger charge is -2.12. The molecule has 1 aliphatic rings. The summed E-state index contributed by atoms with van der Waals surface area (Å²) in [5, 5.41) is 3.28. The van der Waals surface area contributed by atoms with Gasteiger partial charge in [-0.25, -0.2) is 4.98 Å². The topological polar surface area (TPSA) is 99.4 Å². The van der Waals surface area contributed by atoms with Crippen LogP contribution in [0.2, 0.25) is 0 Å². The van der Waals surface area contributed by atoms with Gasteiger partial charge in [-0.15, -0.1) is 12.4 Å². The summed E-state index contributed by atoms with van der Waals surface area (Å²) in [5.74, 6) is 2.33. The van der Waals surface area contributed by atoms with Crippen molar-refractivity contribution < 1.29 is 14.3 Å². The van der Waals surface area contributed by atoms with Crippen LogP contribution in [0.1, 0.15) is 28.5 Å². The molecule has 0 saturated carbocycles. The Bertz CT molecular complexity index is 961. The van der Waals surface area contributed by atoms with Crippen molar-refractivity contribution in [3.63, 3.8) is 0 Å². The predicted molar refractivity (Wildman–Crippen MR) is 111 cm³/mol. The average molecular weight is 413 g/mol. The number of carbonyl (C=O) groups is 1. The van der Waals surface area contributed by atoms with Gasteiger partial charge in [0, 0.05) is 18.7 Å². The fourth-order valence-electron chi connectivity index (χ4n) is 3.01. The summed E-state index contributed by atoms with van der Waals surface area (Å²) in [6, 6.07) is 16.6. The average Bonchev–Trinajstić information content (AvgIpc) is 3.25. The van der Waals surface area contributed by atoms with Crippen LogP contribution >= 0.6 is 12.4 Å². The van der Waals surface area contributed by atoms with E-state index in [2.05, 4.69) is 15.3 Å². The molecule has 1 aromatic heterocycles. The lowest BCUT2D eigenvalue weighted by molar-refractivity contribution is 0.0997. The second-order valence-corrected chi connectivity index (χ2v) is 6.49. The van der Waals surface area contributed by atoms with E-state index in [-0.39, 0.29) is 29.8 Å². The number of nitrogens with one attached hydrogen (secondary N) is 1. The van der Waals surface area contributed by atoms with Gasteiger partial charge in [-0.05, 0) is 49.4 Å².